The first-order valence-corrected chi connectivity index (χ1v) is 11.6. The number of nitrogens with one attached hydrogen (secondary N) is 1. The summed E-state index contributed by atoms with van der Waals surface area (Å²) >= 11 is 0. The molecule has 1 atom stereocenters. The van der Waals surface area contributed by atoms with Gasteiger partial charge in [0.15, 0.2) is 0 Å². The predicted octanol–water partition coefficient (Wildman–Crippen LogP) is 5.23. The van der Waals surface area contributed by atoms with Gasteiger partial charge < -0.3 is 10.2 Å². The van der Waals surface area contributed by atoms with E-state index in [2.05, 4.69) is 5.32 Å². The van der Waals surface area contributed by atoms with E-state index in [9.17, 15) is 14.0 Å². The van der Waals surface area contributed by atoms with E-state index in [0.717, 1.165) is 16.7 Å². The molecule has 0 aliphatic rings. The Morgan fingerprint density at radius 1 is 0.882 bits per heavy atom. The van der Waals surface area contributed by atoms with Crippen molar-refractivity contribution in [3.8, 4) is 0 Å². The van der Waals surface area contributed by atoms with Crippen molar-refractivity contribution in [2.45, 2.75) is 58.7 Å². The lowest BCUT2D eigenvalue weighted by atomic mass is 9.99. The number of hydrogen-bond acceptors (Lipinski definition) is 2. The highest BCUT2D eigenvalue weighted by Gasteiger charge is 2.32. The van der Waals surface area contributed by atoms with Crippen molar-refractivity contribution in [3.05, 3.63) is 107 Å². The summed E-state index contributed by atoms with van der Waals surface area (Å²) in [4.78, 5) is 28.8. The van der Waals surface area contributed by atoms with Crippen LogP contribution in [0.5, 0.6) is 0 Å². The molecule has 3 aromatic rings. The lowest BCUT2D eigenvalue weighted by molar-refractivity contribution is -0.141. The van der Waals surface area contributed by atoms with Crippen molar-refractivity contribution in [2.75, 3.05) is 0 Å². The van der Waals surface area contributed by atoms with Crippen molar-refractivity contribution in [1.82, 2.24) is 10.2 Å². The van der Waals surface area contributed by atoms with Crippen LogP contribution in [0.1, 0.15) is 43.0 Å². The Kier molecular flexibility index (Phi) is 8.21. The quantitative estimate of drug-likeness (QED) is 0.500. The second-order valence-electron chi connectivity index (χ2n) is 9.76. The van der Waals surface area contributed by atoms with Gasteiger partial charge in [-0.2, -0.15) is 0 Å². The molecular formula is C29H33FN2O2. The Hall–Kier alpha value is -3.47. The first kappa shape index (κ1) is 25.2. The number of rotatable bonds is 8. The zero-order valence-electron chi connectivity index (χ0n) is 20.3. The maximum absolute atomic E-state index is 13.6. The Bertz CT molecular complexity index is 1100. The van der Waals surface area contributed by atoms with Gasteiger partial charge in [-0.3, -0.25) is 9.59 Å². The van der Waals surface area contributed by atoms with E-state index in [-0.39, 0.29) is 24.1 Å². The largest absolute Gasteiger partial charge is 0.350 e. The van der Waals surface area contributed by atoms with E-state index in [1.165, 1.54) is 12.1 Å². The molecule has 0 aromatic heterocycles. The second-order valence-corrected chi connectivity index (χ2v) is 9.76. The molecule has 34 heavy (non-hydrogen) atoms. The van der Waals surface area contributed by atoms with E-state index in [4.69, 9.17) is 0 Å². The number of carbonyl (C=O) groups is 2. The third kappa shape index (κ3) is 7.55. The van der Waals surface area contributed by atoms with Gasteiger partial charge in [0.1, 0.15) is 11.9 Å². The van der Waals surface area contributed by atoms with Crippen molar-refractivity contribution in [3.63, 3.8) is 0 Å². The summed E-state index contributed by atoms with van der Waals surface area (Å²) < 4.78 is 13.4. The highest BCUT2D eigenvalue weighted by Crippen LogP contribution is 2.18. The van der Waals surface area contributed by atoms with Gasteiger partial charge in [-0.1, -0.05) is 72.3 Å². The fourth-order valence-electron chi connectivity index (χ4n) is 3.89. The molecule has 0 spiro atoms. The van der Waals surface area contributed by atoms with E-state index in [1.54, 1.807) is 17.0 Å². The number of aryl methyl sites for hydroxylation is 1. The summed E-state index contributed by atoms with van der Waals surface area (Å²) in [6.45, 7) is 8.08. The number of halogens is 1. The molecule has 0 saturated heterocycles. The van der Waals surface area contributed by atoms with Gasteiger partial charge in [0.2, 0.25) is 11.8 Å². The number of hydrogen-bond donors (Lipinski definition) is 1. The van der Waals surface area contributed by atoms with Crippen LogP contribution >= 0.6 is 0 Å². The summed E-state index contributed by atoms with van der Waals surface area (Å²) in [7, 11) is 0. The van der Waals surface area contributed by atoms with Gasteiger partial charge in [0.25, 0.3) is 0 Å². The van der Waals surface area contributed by atoms with E-state index >= 15 is 0 Å². The maximum Gasteiger partial charge on any atom is 0.243 e. The SMILES string of the molecule is Cc1cccc(CN(C(=O)Cc2ccc(F)cc2)[C@H](Cc2ccccc2)C(=O)NC(C)(C)C)c1. The molecule has 0 saturated carbocycles. The molecule has 178 valence electrons. The fraction of sp³-hybridized carbons (Fsp3) is 0.310. The Morgan fingerprint density at radius 3 is 2.15 bits per heavy atom. The Labute approximate surface area is 201 Å². The van der Waals surface area contributed by atoms with Gasteiger partial charge in [-0.25, -0.2) is 4.39 Å². The van der Waals surface area contributed by atoms with Crippen molar-refractivity contribution >= 4 is 11.8 Å². The summed E-state index contributed by atoms with van der Waals surface area (Å²) in [6, 6.07) is 22.9. The van der Waals surface area contributed by atoms with Crippen molar-refractivity contribution in [2.24, 2.45) is 0 Å². The van der Waals surface area contributed by atoms with E-state index in [0.29, 0.717) is 18.5 Å². The van der Waals surface area contributed by atoms with Gasteiger partial charge >= 0.3 is 0 Å². The van der Waals surface area contributed by atoms with Crippen LogP contribution in [0.25, 0.3) is 0 Å². The van der Waals surface area contributed by atoms with E-state index < -0.39 is 11.6 Å². The summed E-state index contributed by atoms with van der Waals surface area (Å²) in [5.74, 6) is -0.728. The molecule has 0 aliphatic heterocycles. The minimum Gasteiger partial charge on any atom is -0.350 e. The normalized spacial score (nSPS) is 12.1. The fourth-order valence-corrected chi connectivity index (χ4v) is 3.89. The Morgan fingerprint density at radius 2 is 1.53 bits per heavy atom. The zero-order chi connectivity index (χ0) is 24.7. The smallest absolute Gasteiger partial charge is 0.243 e. The van der Waals surface area contributed by atoms with Gasteiger partial charge in [0.05, 0.1) is 6.42 Å². The van der Waals surface area contributed by atoms with Gasteiger partial charge in [-0.05, 0) is 56.5 Å². The molecule has 0 heterocycles. The third-order valence-corrected chi connectivity index (χ3v) is 5.47. The number of nitrogens with zero attached hydrogens (tertiary/aromatic N) is 1. The molecule has 1 N–H and O–H groups in total. The third-order valence-electron chi connectivity index (χ3n) is 5.47. The van der Waals surface area contributed by atoms with E-state index in [1.807, 2.05) is 82.3 Å². The van der Waals surface area contributed by atoms with Crippen LogP contribution in [0.3, 0.4) is 0 Å². The molecule has 3 aromatic carbocycles. The highest BCUT2D eigenvalue weighted by atomic mass is 19.1. The molecule has 5 heteroatoms. The number of amides is 2. The topological polar surface area (TPSA) is 49.4 Å². The number of benzene rings is 3. The maximum atomic E-state index is 13.6. The molecule has 0 bridgehead atoms. The lowest BCUT2D eigenvalue weighted by Crippen LogP contribution is -2.54. The Balaban J connectivity index is 1.98. The monoisotopic (exact) mass is 460 g/mol. The average Bonchev–Trinajstić information content (AvgIpc) is 2.77. The van der Waals surface area contributed by atoms with Crippen LogP contribution in [0.2, 0.25) is 0 Å². The van der Waals surface area contributed by atoms with Crippen LogP contribution in [0.15, 0.2) is 78.9 Å². The van der Waals surface area contributed by atoms with Crippen LogP contribution in [-0.4, -0.2) is 28.3 Å². The average molecular weight is 461 g/mol. The minimum atomic E-state index is -0.699. The lowest BCUT2D eigenvalue weighted by Gasteiger charge is -2.34. The molecule has 3 rings (SSSR count). The predicted molar refractivity (Wildman–Crippen MR) is 134 cm³/mol. The van der Waals surface area contributed by atoms with Crippen molar-refractivity contribution in [1.29, 1.82) is 0 Å². The standard InChI is InChI=1S/C29H33FN2O2/c1-21-9-8-12-24(17-21)20-32(27(33)19-23-13-15-25(30)16-14-23)26(28(34)31-29(2,3)4)18-22-10-6-5-7-11-22/h5-17,26H,18-20H2,1-4H3,(H,31,34)/t26-/m1/s1. The number of carbonyl (C=O) groups excluding carboxylic acids is 2. The summed E-state index contributed by atoms with van der Waals surface area (Å²) in [6.07, 6.45) is 0.476. The molecule has 0 fully saturated rings. The molecule has 0 radical (unpaired) electrons. The van der Waals surface area contributed by atoms with Gasteiger partial charge in [-0.15, -0.1) is 0 Å². The highest BCUT2D eigenvalue weighted by molar-refractivity contribution is 5.89. The summed E-state index contributed by atoms with van der Waals surface area (Å²) in [5.41, 5.74) is 3.27. The molecule has 0 unspecified atom stereocenters. The first-order valence-electron chi connectivity index (χ1n) is 11.6. The molecule has 0 aliphatic carbocycles. The van der Waals surface area contributed by atoms with Crippen molar-refractivity contribution < 1.29 is 14.0 Å². The van der Waals surface area contributed by atoms with Crippen LogP contribution in [0.4, 0.5) is 4.39 Å². The minimum absolute atomic E-state index is 0.0835. The van der Waals surface area contributed by atoms with Gasteiger partial charge in [0, 0.05) is 18.5 Å². The van der Waals surface area contributed by atoms with Crippen LogP contribution in [0, 0.1) is 12.7 Å². The first-order chi connectivity index (χ1) is 16.1. The second kappa shape index (κ2) is 11.1. The zero-order valence-corrected chi connectivity index (χ0v) is 20.3. The molecule has 4 nitrogen and oxygen atoms in total. The molecule has 2 amide bonds. The van der Waals surface area contributed by atoms with Crippen LogP contribution < -0.4 is 5.32 Å². The summed E-state index contributed by atoms with van der Waals surface area (Å²) in [5, 5.41) is 3.06. The molecular weight excluding hydrogens is 427 g/mol. The van der Waals surface area contributed by atoms with Crippen LogP contribution in [-0.2, 0) is 29.0 Å².